The first kappa shape index (κ1) is 25.7. The predicted molar refractivity (Wildman–Crippen MR) is 136 cm³/mol. The van der Waals surface area contributed by atoms with Crippen LogP contribution in [0.4, 0.5) is 0 Å². The van der Waals surface area contributed by atoms with E-state index in [2.05, 4.69) is 25.8 Å². The fraction of sp³-hybridized carbons (Fsp3) is 0.318. The number of methoxy groups -OCH3 is 2. The van der Waals surface area contributed by atoms with Gasteiger partial charge in [0.15, 0.2) is 5.96 Å². The average molecular weight is 572 g/mol. The highest BCUT2D eigenvalue weighted by molar-refractivity contribution is 14.0. The van der Waals surface area contributed by atoms with Crippen LogP contribution in [0.15, 0.2) is 52.0 Å². The van der Waals surface area contributed by atoms with Gasteiger partial charge in [-0.2, -0.15) is 4.98 Å². The molecule has 1 heterocycles. The molecule has 1 unspecified atom stereocenters. The van der Waals surface area contributed by atoms with E-state index in [1.54, 1.807) is 26.4 Å². The van der Waals surface area contributed by atoms with Gasteiger partial charge < -0.3 is 24.6 Å². The number of aliphatic imine (C=N–C) groups is 1. The van der Waals surface area contributed by atoms with Crippen LogP contribution in [0.1, 0.15) is 31.3 Å². The number of halogens is 2. The molecule has 8 nitrogen and oxygen atoms in total. The number of guanidine groups is 1. The van der Waals surface area contributed by atoms with E-state index in [9.17, 15) is 0 Å². The molecule has 1 atom stereocenters. The minimum atomic E-state index is -0.0902. The quantitative estimate of drug-likeness (QED) is 0.227. The largest absolute Gasteiger partial charge is 0.497 e. The molecule has 0 bridgehead atoms. The molecule has 0 radical (unpaired) electrons. The highest BCUT2D eigenvalue weighted by Gasteiger charge is 2.15. The van der Waals surface area contributed by atoms with Crippen LogP contribution in [-0.2, 0) is 6.54 Å². The Kier molecular flexibility index (Phi) is 10.0. The summed E-state index contributed by atoms with van der Waals surface area (Å²) in [4.78, 5) is 8.98. The Labute approximate surface area is 209 Å². The summed E-state index contributed by atoms with van der Waals surface area (Å²) >= 11 is 6.04. The van der Waals surface area contributed by atoms with E-state index < -0.39 is 0 Å². The number of aromatic nitrogens is 2. The molecule has 1 aromatic heterocycles. The molecular weight excluding hydrogens is 545 g/mol. The molecule has 0 aliphatic carbocycles. The minimum Gasteiger partial charge on any atom is -0.497 e. The van der Waals surface area contributed by atoms with Crippen molar-refractivity contribution in [1.29, 1.82) is 0 Å². The summed E-state index contributed by atoms with van der Waals surface area (Å²) in [5.41, 5.74) is 1.74. The number of hydrogen-bond acceptors (Lipinski definition) is 6. The fourth-order valence-corrected chi connectivity index (χ4v) is 3.18. The zero-order valence-corrected chi connectivity index (χ0v) is 21.5. The topological polar surface area (TPSA) is 93.8 Å². The molecule has 10 heteroatoms. The second kappa shape index (κ2) is 12.5. The van der Waals surface area contributed by atoms with Gasteiger partial charge in [0.2, 0.25) is 11.7 Å². The van der Waals surface area contributed by atoms with E-state index in [4.69, 9.17) is 25.6 Å². The summed E-state index contributed by atoms with van der Waals surface area (Å²) in [7, 11) is 3.28. The van der Waals surface area contributed by atoms with Crippen molar-refractivity contribution in [2.45, 2.75) is 26.4 Å². The molecule has 0 spiro atoms. The first-order valence-electron chi connectivity index (χ1n) is 9.89. The maximum absolute atomic E-state index is 6.04. The fourth-order valence-electron chi connectivity index (χ4n) is 2.99. The van der Waals surface area contributed by atoms with Crippen molar-refractivity contribution in [3.05, 3.63) is 58.9 Å². The van der Waals surface area contributed by atoms with Crippen LogP contribution in [-0.4, -0.2) is 36.9 Å². The molecule has 0 saturated heterocycles. The zero-order chi connectivity index (χ0) is 22.2. The van der Waals surface area contributed by atoms with Gasteiger partial charge in [0.1, 0.15) is 18.0 Å². The van der Waals surface area contributed by atoms with Gasteiger partial charge in [0, 0.05) is 22.7 Å². The van der Waals surface area contributed by atoms with Crippen molar-refractivity contribution >= 4 is 41.5 Å². The summed E-state index contributed by atoms with van der Waals surface area (Å²) in [5, 5.41) is 11.2. The highest BCUT2D eigenvalue weighted by Crippen LogP contribution is 2.29. The Bertz CT molecular complexity index is 1040. The van der Waals surface area contributed by atoms with Crippen molar-refractivity contribution in [3.63, 3.8) is 0 Å². The van der Waals surface area contributed by atoms with Crippen LogP contribution in [0, 0.1) is 0 Å². The third-order valence-corrected chi connectivity index (χ3v) is 4.76. The van der Waals surface area contributed by atoms with E-state index in [0.29, 0.717) is 29.2 Å². The van der Waals surface area contributed by atoms with E-state index >= 15 is 0 Å². The van der Waals surface area contributed by atoms with Crippen LogP contribution in [0.3, 0.4) is 0 Å². The molecule has 2 aromatic carbocycles. The molecule has 0 saturated carbocycles. The summed E-state index contributed by atoms with van der Waals surface area (Å²) < 4.78 is 16.2. The molecule has 2 N–H and O–H groups in total. The lowest BCUT2D eigenvalue weighted by molar-refractivity contribution is 0.380. The first-order valence-corrected chi connectivity index (χ1v) is 10.3. The molecule has 0 aliphatic rings. The van der Waals surface area contributed by atoms with Crippen LogP contribution >= 0.6 is 35.6 Å². The van der Waals surface area contributed by atoms with Gasteiger partial charge >= 0.3 is 0 Å². The Morgan fingerprint density at radius 2 is 2.00 bits per heavy atom. The zero-order valence-electron chi connectivity index (χ0n) is 18.4. The SMILES string of the molecule is CCNC(=NCc1nc(-c2cccc(Cl)c2)no1)NC(C)c1cc(OC)ccc1OC.I. The number of nitrogens with one attached hydrogen (secondary N) is 2. The third kappa shape index (κ3) is 6.73. The van der Waals surface area contributed by atoms with Crippen molar-refractivity contribution in [3.8, 4) is 22.9 Å². The van der Waals surface area contributed by atoms with Gasteiger partial charge in [-0.25, -0.2) is 4.99 Å². The van der Waals surface area contributed by atoms with Gasteiger partial charge in [-0.3, -0.25) is 0 Å². The second-order valence-corrected chi connectivity index (χ2v) is 7.13. The van der Waals surface area contributed by atoms with Crippen molar-refractivity contribution in [2.75, 3.05) is 20.8 Å². The third-order valence-electron chi connectivity index (χ3n) is 4.52. The Balaban J connectivity index is 0.00000363. The minimum absolute atomic E-state index is 0. The number of benzene rings is 2. The van der Waals surface area contributed by atoms with E-state index in [1.165, 1.54) is 0 Å². The molecule has 3 aromatic rings. The Morgan fingerprint density at radius 1 is 1.19 bits per heavy atom. The lowest BCUT2D eigenvalue weighted by Gasteiger charge is -2.20. The molecular formula is C22H27ClIN5O3. The van der Waals surface area contributed by atoms with Gasteiger partial charge in [-0.1, -0.05) is 28.9 Å². The maximum Gasteiger partial charge on any atom is 0.248 e. The lowest BCUT2D eigenvalue weighted by atomic mass is 10.1. The summed E-state index contributed by atoms with van der Waals surface area (Å²) in [6, 6.07) is 12.9. The predicted octanol–water partition coefficient (Wildman–Crippen LogP) is 4.84. The van der Waals surface area contributed by atoms with Crippen LogP contribution in [0.25, 0.3) is 11.4 Å². The van der Waals surface area contributed by atoms with Gasteiger partial charge in [-0.15, -0.1) is 24.0 Å². The molecule has 3 rings (SSSR count). The Morgan fingerprint density at radius 3 is 2.69 bits per heavy atom. The highest BCUT2D eigenvalue weighted by atomic mass is 127. The van der Waals surface area contributed by atoms with E-state index in [0.717, 1.165) is 22.6 Å². The summed E-state index contributed by atoms with van der Waals surface area (Å²) in [5.74, 6) is 3.01. The molecule has 0 amide bonds. The first-order chi connectivity index (χ1) is 15.0. The molecule has 32 heavy (non-hydrogen) atoms. The average Bonchev–Trinajstić information content (AvgIpc) is 3.26. The molecule has 0 fully saturated rings. The van der Waals surface area contributed by atoms with Crippen LogP contribution in [0.2, 0.25) is 5.02 Å². The molecule has 172 valence electrons. The summed E-state index contributed by atoms with van der Waals surface area (Å²) in [6.45, 7) is 4.95. The number of ether oxygens (including phenoxy) is 2. The van der Waals surface area contributed by atoms with Crippen molar-refractivity contribution < 1.29 is 14.0 Å². The number of hydrogen-bond donors (Lipinski definition) is 2. The van der Waals surface area contributed by atoms with Crippen LogP contribution < -0.4 is 20.1 Å². The van der Waals surface area contributed by atoms with Crippen molar-refractivity contribution in [1.82, 2.24) is 20.8 Å². The van der Waals surface area contributed by atoms with E-state index in [-0.39, 0.29) is 36.6 Å². The molecule has 0 aliphatic heterocycles. The van der Waals surface area contributed by atoms with Gasteiger partial charge in [0.05, 0.1) is 20.3 Å². The number of rotatable bonds is 8. The number of nitrogens with zero attached hydrogens (tertiary/aromatic N) is 3. The lowest BCUT2D eigenvalue weighted by Crippen LogP contribution is -2.38. The Hall–Kier alpha value is -2.53. The monoisotopic (exact) mass is 571 g/mol. The van der Waals surface area contributed by atoms with Crippen molar-refractivity contribution in [2.24, 2.45) is 4.99 Å². The second-order valence-electron chi connectivity index (χ2n) is 6.69. The van der Waals surface area contributed by atoms with Gasteiger partial charge in [-0.05, 0) is 44.2 Å². The standard InChI is InChI=1S/C22H26ClN5O3.HI/c1-5-24-22(26-14(2)18-12-17(29-3)9-10-19(18)30-4)25-13-20-27-21(28-31-20)15-7-6-8-16(23)11-15;/h6-12,14H,5,13H2,1-4H3,(H2,24,25,26);1H. The van der Waals surface area contributed by atoms with Crippen LogP contribution in [0.5, 0.6) is 11.5 Å². The maximum atomic E-state index is 6.04. The van der Waals surface area contributed by atoms with E-state index in [1.807, 2.05) is 44.2 Å². The normalized spacial score (nSPS) is 12.0. The smallest absolute Gasteiger partial charge is 0.248 e. The summed E-state index contributed by atoms with van der Waals surface area (Å²) in [6.07, 6.45) is 0. The van der Waals surface area contributed by atoms with Gasteiger partial charge in [0.25, 0.3) is 0 Å².